The van der Waals surface area contributed by atoms with Crippen molar-refractivity contribution in [1.29, 1.82) is 0 Å². The molecule has 0 bridgehead atoms. The Bertz CT molecular complexity index is 927. The number of nitrogens with zero attached hydrogens (tertiary/aromatic N) is 3. The Labute approximate surface area is 159 Å². The summed E-state index contributed by atoms with van der Waals surface area (Å²) >= 11 is 11.8. The van der Waals surface area contributed by atoms with Gasteiger partial charge in [-0.25, -0.2) is 4.98 Å². The van der Waals surface area contributed by atoms with Gasteiger partial charge in [0.1, 0.15) is 22.9 Å². The minimum atomic E-state index is 0.0276. The van der Waals surface area contributed by atoms with Crippen LogP contribution in [0, 0.1) is 0 Å². The molecule has 0 saturated heterocycles. The van der Waals surface area contributed by atoms with Crippen molar-refractivity contribution in [3.63, 3.8) is 0 Å². The van der Waals surface area contributed by atoms with Crippen molar-refractivity contribution in [1.82, 2.24) is 4.98 Å². The van der Waals surface area contributed by atoms with E-state index in [1.165, 1.54) is 24.6 Å². The van der Waals surface area contributed by atoms with Crippen molar-refractivity contribution in [2.24, 2.45) is 9.98 Å². The third kappa shape index (κ3) is 4.59. The molecule has 130 valence electrons. The fourth-order valence-electron chi connectivity index (χ4n) is 2.08. The maximum absolute atomic E-state index is 9.78. The Morgan fingerprint density at radius 3 is 1.65 bits per heavy atom. The molecule has 0 radical (unpaired) electrons. The summed E-state index contributed by atoms with van der Waals surface area (Å²) in [6.07, 6.45) is 3.03. The number of aliphatic imine (C=N–C) groups is 2. The quantitative estimate of drug-likeness (QED) is 0.597. The van der Waals surface area contributed by atoms with Gasteiger partial charge in [0.15, 0.2) is 0 Å². The summed E-state index contributed by atoms with van der Waals surface area (Å²) in [7, 11) is 0. The van der Waals surface area contributed by atoms with E-state index in [1.54, 1.807) is 42.5 Å². The first-order valence-corrected chi connectivity index (χ1v) is 8.29. The fourth-order valence-corrected chi connectivity index (χ4v) is 2.42. The third-order valence-corrected chi connectivity index (χ3v) is 3.81. The molecular weight excluding hydrogens is 373 g/mol. The van der Waals surface area contributed by atoms with Crippen LogP contribution in [0.4, 0.5) is 11.4 Å². The summed E-state index contributed by atoms with van der Waals surface area (Å²) in [5.74, 6) is 0.0552. The zero-order valence-corrected chi connectivity index (χ0v) is 14.9. The number of pyridine rings is 1. The van der Waals surface area contributed by atoms with E-state index in [-0.39, 0.29) is 11.5 Å². The van der Waals surface area contributed by atoms with E-state index in [2.05, 4.69) is 15.0 Å². The molecule has 2 N–H and O–H groups in total. The summed E-state index contributed by atoms with van der Waals surface area (Å²) < 4.78 is 0. The molecule has 0 atom stereocenters. The van der Waals surface area contributed by atoms with E-state index in [0.29, 0.717) is 32.8 Å². The lowest BCUT2D eigenvalue weighted by Crippen LogP contribution is -1.93. The number of aromatic nitrogens is 1. The van der Waals surface area contributed by atoms with Gasteiger partial charge in [0.2, 0.25) is 0 Å². The van der Waals surface area contributed by atoms with Gasteiger partial charge in [-0.05, 0) is 48.5 Å². The largest absolute Gasteiger partial charge is 0.506 e. The number of rotatable bonds is 4. The highest BCUT2D eigenvalue weighted by Gasteiger charge is 2.01. The summed E-state index contributed by atoms with van der Waals surface area (Å²) in [5.41, 5.74) is 1.84. The Kier molecular flexibility index (Phi) is 5.51. The lowest BCUT2D eigenvalue weighted by molar-refractivity contribution is 0.476. The van der Waals surface area contributed by atoms with E-state index in [9.17, 15) is 10.2 Å². The highest BCUT2D eigenvalue weighted by molar-refractivity contribution is 6.31. The lowest BCUT2D eigenvalue weighted by atomic mass is 10.3. The zero-order chi connectivity index (χ0) is 18.5. The number of halogens is 2. The molecule has 0 aliphatic carbocycles. The van der Waals surface area contributed by atoms with Gasteiger partial charge >= 0.3 is 0 Å². The smallest absolute Gasteiger partial charge is 0.141 e. The fraction of sp³-hybridized carbons (Fsp3) is 0. The second-order valence-corrected chi connectivity index (χ2v) is 6.14. The minimum absolute atomic E-state index is 0.0276. The van der Waals surface area contributed by atoms with Crippen LogP contribution < -0.4 is 0 Å². The first kappa shape index (κ1) is 17.9. The molecule has 5 nitrogen and oxygen atoms in total. The van der Waals surface area contributed by atoms with Crippen LogP contribution in [-0.4, -0.2) is 27.6 Å². The van der Waals surface area contributed by atoms with Crippen molar-refractivity contribution in [2.75, 3.05) is 0 Å². The third-order valence-electron chi connectivity index (χ3n) is 3.34. The molecule has 0 spiro atoms. The van der Waals surface area contributed by atoms with Crippen molar-refractivity contribution in [2.45, 2.75) is 0 Å². The van der Waals surface area contributed by atoms with Crippen LogP contribution in [0.5, 0.6) is 11.5 Å². The van der Waals surface area contributed by atoms with Gasteiger partial charge in [-0.2, -0.15) is 0 Å². The molecule has 7 heteroatoms. The molecule has 1 heterocycles. The SMILES string of the molecule is Oc1ccc(Cl)cc1N=Cc1cccc(C=Nc2cc(Cl)ccc2O)n1. The normalized spacial score (nSPS) is 11.5. The second-order valence-electron chi connectivity index (χ2n) is 5.27. The van der Waals surface area contributed by atoms with Gasteiger partial charge in [-0.3, -0.25) is 9.98 Å². The molecule has 0 unspecified atom stereocenters. The number of hydrogen-bond donors (Lipinski definition) is 2. The number of benzene rings is 2. The van der Waals surface area contributed by atoms with Gasteiger partial charge in [0, 0.05) is 10.0 Å². The average molecular weight is 386 g/mol. The van der Waals surface area contributed by atoms with E-state index < -0.39 is 0 Å². The predicted octanol–water partition coefficient (Wildman–Crippen LogP) is 5.30. The Morgan fingerprint density at radius 1 is 0.731 bits per heavy atom. The summed E-state index contributed by atoms with van der Waals surface area (Å²) in [5, 5.41) is 20.5. The average Bonchev–Trinajstić information content (AvgIpc) is 2.63. The maximum Gasteiger partial charge on any atom is 0.141 e. The van der Waals surface area contributed by atoms with Crippen LogP contribution in [0.15, 0.2) is 64.6 Å². The molecule has 0 amide bonds. The standard InChI is InChI=1S/C19H13Cl2N3O2/c20-12-4-6-18(25)16(8-12)22-10-14-2-1-3-15(24-14)11-23-17-9-13(21)5-7-19(17)26/h1-11,25-26H. The number of phenolic OH excluding ortho intramolecular Hbond substituents is 2. The van der Waals surface area contributed by atoms with Crippen molar-refractivity contribution < 1.29 is 10.2 Å². The maximum atomic E-state index is 9.78. The topological polar surface area (TPSA) is 78.1 Å². The van der Waals surface area contributed by atoms with Gasteiger partial charge in [0.05, 0.1) is 23.8 Å². The molecular formula is C19H13Cl2N3O2. The van der Waals surface area contributed by atoms with Crippen molar-refractivity contribution in [3.05, 3.63) is 76.0 Å². The molecule has 3 aromatic rings. The molecule has 2 aromatic carbocycles. The summed E-state index contributed by atoms with van der Waals surface area (Å²) in [4.78, 5) is 12.8. The van der Waals surface area contributed by atoms with E-state index >= 15 is 0 Å². The van der Waals surface area contributed by atoms with Gasteiger partial charge in [-0.1, -0.05) is 29.3 Å². The number of aromatic hydroxyl groups is 2. The zero-order valence-electron chi connectivity index (χ0n) is 13.3. The van der Waals surface area contributed by atoms with Crippen LogP contribution in [-0.2, 0) is 0 Å². The highest BCUT2D eigenvalue weighted by Crippen LogP contribution is 2.30. The van der Waals surface area contributed by atoms with Crippen LogP contribution in [0.2, 0.25) is 10.0 Å². The van der Waals surface area contributed by atoms with Crippen molar-refractivity contribution in [3.8, 4) is 11.5 Å². The minimum Gasteiger partial charge on any atom is -0.506 e. The van der Waals surface area contributed by atoms with E-state index in [1.807, 2.05) is 0 Å². The molecule has 0 fully saturated rings. The van der Waals surface area contributed by atoms with Crippen LogP contribution >= 0.6 is 23.2 Å². The van der Waals surface area contributed by atoms with Crippen molar-refractivity contribution >= 4 is 47.0 Å². The Balaban J connectivity index is 1.82. The van der Waals surface area contributed by atoms with Crippen LogP contribution in [0.3, 0.4) is 0 Å². The van der Waals surface area contributed by atoms with Crippen LogP contribution in [0.25, 0.3) is 0 Å². The summed E-state index contributed by atoms with van der Waals surface area (Å²) in [6.45, 7) is 0. The second kappa shape index (κ2) is 7.99. The molecule has 0 aliphatic rings. The lowest BCUT2D eigenvalue weighted by Gasteiger charge is -2.00. The first-order chi connectivity index (χ1) is 12.5. The monoisotopic (exact) mass is 385 g/mol. The van der Waals surface area contributed by atoms with E-state index in [4.69, 9.17) is 23.2 Å². The molecule has 3 rings (SSSR count). The first-order valence-electron chi connectivity index (χ1n) is 7.53. The van der Waals surface area contributed by atoms with Gasteiger partial charge < -0.3 is 10.2 Å². The van der Waals surface area contributed by atoms with Gasteiger partial charge in [-0.15, -0.1) is 0 Å². The number of phenols is 2. The molecule has 26 heavy (non-hydrogen) atoms. The molecule has 0 aliphatic heterocycles. The van der Waals surface area contributed by atoms with Gasteiger partial charge in [0.25, 0.3) is 0 Å². The summed E-state index contributed by atoms with van der Waals surface area (Å²) in [6, 6.07) is 14.5. The Hall–Kier alpha value is -2.89. The predicted molar refractivity (Wildman–Crippen MR) is 105 cm³/mol. The van der Waals surface area contributed by atoms with Crippen LogP contribution in [0.1, 0.15) is 11.4 Å². The Morgan fingerprint density at radius 2 is 1.19 bits per heavy atom. The number of hydrogen-bond acceptors (Lipinski definition) is 5. The highest BCUT2D eigenvalue weighted by atomic mass is 35.5. The van der Waals surface area contributed by atoms with E-state index in [0.717, 1.165) is 0 Å². The molecule has 1 aromatic heterocycles. The molecule has 0 saturated carbocycles.